The first-order chi connectivity index (χ1) is 9.02. The van der Waals surface area contributed by atoms with Gasteiger partial charge in [-0.15, -0.1) is 0 Å². The lowest BCUT2D eigenvalue weighted by Crippen LogP contribution is -2.46. The Bertz CT molecular complexity index is 434. The smallest absolute Gasteiger partial charge is 0.223 e. The Morgan fingerprint density at radius 3 is 2.79 bits per heavy atom. The van der Waals surface area contributed by atoms with Crippen molar-refractivity contribution in [1.29, 1.82) is 0 Å². The monoisotopic (exact) mass is 267 g/mol. The molecule has 0 aromatic carbocycles. The maximum atomic E-state index is 10.5. The molecule has 0 spiro atoms. The molecule has 4 N–H and O–H groups in total. The average Bonchev–Trinajstić information content (AvgIpc) is 2.38. The molecule has 0 radical (unpaired) electrons. The van der Waals surface area contributed by atoms with Gasteiger partial charge in [0, 0.05) is 52.8 Å². The van der Waals surface area contributed by atoms with E-state index in [2.05, 4.69) is 15.3 Å². The van der Waals surface area contributed by atoms with E-state index >= 15 is 0 Å². The van der Waals surface area contributed by atoms with E-state index in [1.807, 2.05) is 11.9 Å². The lowest BCUT2D eigenvalue weighted by atomic mass is 9.94. The highest BCUT2D eigenvalue weighted by Gasteiger charge is 2.31. The Morgan fingerprint density at radius 1 is 1.47 bits per heavy atom. The van der Waals surface area contributed by atoms with Gasteiger partial charge in [0.25, 0.3) is 0 Å². The quantitative estimate of drug-likeness (QED) is 0.710. The number of ether oxygens (including phenoxy) is 1. The van der Waals surface area contributed by atoms with Crippen molar-refractivity contribution in [3.63, 3.8) is 0 Å². The summed E-state index contributed by atoms with van der Waals surface area (Å²) in [7, 11) is 3.66. The Kier molecular flexibility index (Phi) is 4.06. The minimum Gasteiger partial charge on any atom is -0.388 e. The van der Waals surface area contributed by atoms with Crippen molar-refractivity contribution >= 4 is 17.6 Å². The van der Waals surface area contributed by atoms with Gasteiger partial charge in [-0.25, -0.2) is 0 Å². The van der Waals surface area contributed by atoms with Crippen molar-refractivity contribution in [2.45, 2.75) is 18.4 Å². The number of likely N-dealkylation sites (N-methyl/N-ethyl adjacent to an activating group) is 1. The maximum Gasteiger partial charge on any atom is 0.223 e. The fourth-order valence-electron chi connectivity index (χ4n) is 2.21. The molecule has 1 aliphatic rings. The van der Waals surface area contributed by atoms with Gasteiger partial charge in [0.2, 0.25) is 5.95 Å². The van der Waals surface area contributed by atoms with Crippen LogP contribution in [0.5, 0.6) is 0 Å². The predicted molar refractivity (Wildman–Crippen MR) is 74.3 cm³/mol. The van der Waals surface area contributed by atoms with E-state index in [9.17, 15) is 5.11 Å². The first-order valence-electron chi connectivity index (χ1n) is 6.36. The summed E-state index contributed by atoms with van der Waals surface area (Å²) in [5.41, 5.74) is 4.94. The van der Waals surface area contributed by atoms with Gasteiger partial charge < -0.3 is 25.8 Å². The highest BCUT2D eigenvalue weighted by Crippen LogP contribution is 2.24. The number of nitrogens with two attached hydrogens (primary N) is 1. The van der Waals surface area contributed by atoms with E-state index in [-0.39, 0.29) is 5.95 Å². The van der Waals surface area contributed by atoms with Crippen LogP contribution in [0.1, 0.15) is 12.8 Å². The van der Waals surface area contributed by atoms with E-state index < -0.39 is 5.60 Å². The number of aromatic nitrogens is 2. The molecule has 1 aromatic rings. The van der Waals surface area contributed by atoms with Gasteiger partial charge in [-0.05, 0) is 0 Å². The molecular weight excluding hydrogens is 246 g/mol. The van der Waals surface area contributed by atoms with E-state index in [1.54, 1.807) is 13.1 Å². The van der Waals surface area contributed by atoms with Crippen molar-refractivity contribution in [3.8, 4) is 0 Å². The number of hydrogen-bond donors (Lipinski definition) is 3. The highest BCUT2D eigenvalue weighted by atomic mass is 16.5. The lowest BCUT2D eigenvalue weighted by Gasteiger charge is -2.35. The molecule has 2 heterocycles. The van der Waals surface area contributed by atoms with Crippen LogP contribution in [0, 0.1) is 0 Å². The summed E-state index contributed by atoms with van der Waals surface area (Å²) in [6, 6.07) is 1.80. The first kappa shape index (κ1) is 13.8. The molecule has 106 valence electrons. The zero-order valence-corrected chi connectivity index (χ0v) is 11.4. The molecule has 7 nitrogen and oxygen atoms in total. The third-order valence-electron chi connectivity index (χ3n) is 3.33. The molecule has 0 atom stereocenters. The number of anilines is 3. The van der Waals surface area contributed by atoms with Gasteiger partial charge in [0.15, 0.2) is 0 Å². The predicted octanol–water partition coefficient (Wildman–Crippen LogP) is 0.0782. The van der Waals surface area contributed by atoms with Crippen LogP contribution >= 0.6 is 0 Å². The van der Waals surface area contributed by atoms with Crippen LogP contribution in [0.15, 0.2) is 6.07 Å². The molecule has 0 aliphatic carbocycles. The fraction of sp³-hybridized carbons (Fsp3) is 0.667. The minimum absolute atomic E-state index is 0.215. The van der Waals surface area contributed by atoms with Gasteiger partial charge in [-0.1, -0.05) is 0 Å². The molecule has 0 bridgehead atoms. The molecule has 0 amide bonds. The Morgan fingerprint density at radius 2 is 2.16 bits per heavy atom. The van der Waals surface area contributed by atoms with E-state index in [0.717, 1.165) is 0 Å². The van der Waals surface area contributed by atoms with E-state index in [0.29, 0.717) is 44.2 Å². The van der Waals surface area contributed by atoms with Crippen LogP contribution in [-0.2, 0) is 4.74 Å². The molecule has 1 saturated heterocycles. The van der Waals surface area contributed by atoms with Crippen LogP contribution in [0.2, 0.25) is 0 Å². The molecule has 2 rings (SSSR count). The zero-order chi connectivity index (χ0) is 13.9. The zero-order valence-electron chi connectivity index (χ0n) is 11.4. The first-order valence-corrected chi connectivity index (χ1v) is 6.36. The number of aliphatic hydroxyl groups is 1. The summed E-state index contributed by atoms with van der Waals surface area (Å²) >= 11 is 0. The summed E-state index contributed by atoms with van der Waals surface area (Å²) in [5, 5.41) is 13.4. The van der Waals surface area contributed by atoms with Crippen LogP contribution in [0.3, 0.4) is 0 Å². The Hall–Kier alpha value is -1.60. The second-order valence-electron chi connectivity index (χ2n) is 4.91. The third kappa shape index (κ3) is 3.45. The summed E-state index contributed by atoms with van der Waals surface area (Å²) in [6.07, 6.45) is 1.27. The minimum atomic E-state index is -0.730. The molecule has 19 heavy (non-hydrogen) atoms. The molecule has 0 unspecified atom stereocenters. The maximum absolute atomic E-state index is 10.5. The third-order valence-corrected chi connectivity index (χ3v) is 3.33. The van der Waals surface area contributed by atoms with E-state index in [4.69, 9.17) is 10.5 Å². The van der Waals surface area contributed by atoms with Crippen molar-refractivity contribution in [2.24, 2.45) is 0 Å². The Balaban J connectivity index is 2.10. The molecular formula is C12H21N5O2. The molecule has 1 fully saturated rings. The fourth-order valence-corrected chi connectivity index (χ4v) is 2.21. The Labute approximate surface area is 112 Å². The van der Waals surface area contributed by atoms with Crippen molar-refractivity contribution in [2.75, 3.05) is 49.8 Å². The topological polar surface area (TPSA) is 96.5 Å². The highest BCUT2D eigenvalue weighted by molar-refractivity contribution is 5.52. The largest absolute Gasteiger partial charge is 0.388 e. The van der Waals surface area contributed by atoms with Gasteiger partial charge >= 0.3 is 0 Å². The summed E-state index contributed by atoms with van der Waals surface area (Å²) in [6.45, 7) is 1.69. The van der Waals surface area contributed by atoms with Crippen LogP contribution in [0.4, 0.5) is 17.6 Å². The summed E-state index contributed by atoms with van der Waals surface area (Å²) in [5.74, 6) is 1.57. The lowest BCUT2D eigenvalue weighted by molar-refractivity contribution is -0.0573. The number of rotatable bonds is 4. The van der Waals surface area contributed by atoms with Crippen LogP contribution in [-0.4, -0.2) is 54.5 Å². The van der Waals surface area contributed by atoms with Crippen molar-refractivity contribution < 1.29 is 9.84 Å². The average molecular weight is 267 g/mol. The van der Waals surface area contributed by atoms with Gasteiger partial charge in [0.05, 0.1) is 5.60 Å². The number of nitrogens with one attached hydrogen (secondary N) is 1. The number of nitrogens with zero attached hydrogens (tertiary/aromatic N) is 3. The standard InChI is InChI=1S/C12H21N5O2/c1-14-9-7-10(16-11(13)15-9)17(2)8-12(18)3-5-19-6-4-12/h7,18H,3-6,8H2,1-2H3,(H3,13,14,15,16). The molecule has 1 aromatic heterocycles. The van der Waals surface area contributed by atoms with Gasteiger partial charge in [-0.3, -0.25) is 0 Å². The second kappa shape index (κ2) is 5.58. The summed E-state index contributed by atoms with van der Waals surface area (Å²) in [4.78, 5) is 10.1. The number of hydrogen-bond acceptors (Lipinski definition) is 7. The number of nitrogen functional groups attached to an aromatic ring is 1. The molecule has 7 heteroatoms. The van der Waals surface area contributed by atoms with Gasteiger partial charge in [0.1, 0.15) is 11.6 Å². The van der Waals surface area contributed by atoms with Gasteiger partial charge in [-0.2, -0.15) is 9.97 Å². The molecule has 0 saturated carbocycles. The molecule has 1 aliphatic heterocycles. The normalized spacial score (nSPS) is 18.1. The van der Waals surface area contributed by atoms with E-state index in [1.165, 1.54) is 0 Å². The van der Waals surface area contributed by atoms with Crippen molar-refractivity contribution in [3.05, 3.63) is 6.07 Å². The van der Waals surface area contributed by atoms with Crippen LogP contribution in [0.25, 0.3) is 0 Å². The summed E-state index contributed by atoms with van der Waals surface area (Å²) < 4.78 is 5.27. The SMILES string of the molecule is CNc1cc(N(C)CC2(O)CCOCC2)nc(N)n1. The second-order valence-corrected chi connectivity index (χ2v) is 4.91. The van der Waals surface area contributed by atoms with Crippen LogP contribution < -0.4 is 16.0 Å². The van der Waals surface area contributed by atoms with Crippen molar-refractivity contribution in [1.82, 2.24) is 9.97 Å².